The summed E-state index contributed by atoms with van der Waals surface area (Å²) < 4.78 is 0. The van der Waals surface area contributed by atoms with Gasteiger partial charge in [-0.15, -0.1) is 17.0 Å². The maximum absolute atomic E-state index is 4.68. The predicted octanol–water partition coefficient (Wildman–Crippen LogP) is 2.32. The van der Waals surface area contributed by atoms with Gasteiger partial charge in [-0.25, -0.2) is 0 Å². The van der Waals surface area contributed by atoms with Crippen molar-refractivity contribution < 1.29 is 20.4 Å². The van der Waals surface area contributed by atoms with Crippen molar-refractivity contribution in [1.82, 2.24) is 30.6 Å². The summed E-state index contributed by atoms with van der Waals surface area (Å²) in [5, 5.41) is 24.0. The van der Waals surface area contributed by atoms with Crippen molar-refractivity contribution in [3.63, 3.8) is 0 Å². The van der Waals surface area contributed by atoms with E-state index in [9.17, 15) is 0 Å². The van der Waals surface area contributed by atoms with Crippen LogP contribution >= 0.6 is 17.0 Å². The Labute approximate surface area is 204 Å². The van der Waals surface area contributed by atoms with Gasteiger partial charge in [-0.05, 0) is 54.9 Å². The molecule has 0 unspecified atom stereocenters. The van der Waals surface area contributed by atoms with Crippen LogP contribution in [-0.4, -0.2) is 37.3 Å². The molecule has 3 aromatic heterocycles. The third-order valence-electron chi connectivity index (χ3n) is 5.82. The van der Waals surface area contributed by atoms with E-state index in [-0.39, 0.29) is 44.1 Å². The van der Waals surface area contributed by atoms with Gasteiger partial charge in [0, 0.05) is 37.5 Å². The van der Waals surface area contributed by atoms with E-state index in [0.29, 0.717) is 0 Å². The molecule has 3 rings (SSSR count). The SMILES string of the molecule is Br.CCc1n[nH]c(CC)c1B(c1c(CC)n[nH]c1CC)c1c(CC)n[nH]c1CC.[Pd]. The molecule has 0 amide bonds. The molecule has 0 saturated carbocycles. The summed E-state index contributed by atoms with van der Waals surface area (Å²) in [6.07, 6.45) is 5.51. The Bertz CT molecular complexity index is 748. The number of halogens is 1. The first-order chi connectivity index (χ1) is 13.6. The maximum Gasteiger partial charge on any atom is 0.255 e. The van der Waals surface area contributed by atoms with Crippen LogP contribution in [0.25, 0.3) is 0 Å². The van der Waals surface area contributed by atoms with Crippen molar-refractivity contribution in [2.45, 2.75) is 80.1 Å². The zero-order valence-corrected chi connectivity index (χ0v) is 22.2. The molecule has 3 N–H and O–H groups in total. The zero-order chi connectivity index (χ0) is 20.3. The molecule has 168 valence electrons. The van der Waals surface area contributed by atoms with Gasteiger partial charge in [-0.3, -0.25) is 15.3 Å². The quantitative estimate of drug-likeness (QED) is 0.347. The summed E-state index contributed by atoms with van der Waals surface area (Å²) in [4.78, 5) is 0. The first kappa shape index (κ1) is 26.9. The number of nitrogens with one attached hydrogen (secondary N) is 3. The minimum atomic E-state index is 0. The number of nitrogens with zero attached hydrogens (tertiary/aromatic N) is 3. The molecule has 6 nitrogen and oxygen atoms in total. The van der Waals surface area contributed by atoms with Crippen molar-refractivity contribution in [3.05, 3.63) is 34.2 Å². The summed E-state index contributed by atoms with van der Waals surface area (Å²) in [6.45, 7) is 13.2. The first-order valence-corrected chi connectivity index (χ1v) is 10.8. The molecule has 9 heteroatoms. The van der Waals surface area contributed by atoms with Crippen LogP contribution in [0.3, 0.4) is 0 Å². The Morgan fingerprint density at radius 3 is 1.00 bits per heavy atom. The molecular formula is C21H34BBrN6Pd. The van der Waals surface area contributed by atoms with Crippen molar-refractivity contribution in [3.8, 4) is 0 Å². The van der Waals surface area contributed by atoms with E-state index in [0.717, 1.165) is 55.6 Å². The average molecular weight is 568 g/mol. The molecule has 3 aromatic rings. The number of rotatable bonds is 9. The Hall–Kier alpha value is -1.16. The molecule has 0 radical (unpaired) electrons. The number of aromatic nitrogens is 6. The van der Waals surface area contributed by atoms with Crippen LogP contribution in [0, 0.1) is 0 Å². The third-order valence-corrected chi connectivity index (χ3v) is 5.82. The van der Waals surface area contributed by atoms with E-state index in [1.54, 1.807) is 0 Å². The molecular weight excluding hydrogens is 533 g/mol. The van der Waals surface area contributed by atoms with Gasteiger partial charge in [0.15, 0.2) is 0 Å². The summed E-state index contributed by atoms with van der Waals surface area (Å²) in [5.74, 6) is 0. The largest absolute Gasteiger partial charge is 0.283 e. The third kappa shape index (κ3) is 4.69. The van der Waals surface area contributed by atoms with E-state index < -0.39 is 0 Å². The van der Waals surface area contributed by atoms with Gasteiger partial charge in [0.2, 0.25) is 0 Å². The fourth-order valence-corrected chi connectivity index (χ4v) is 4.36. The van der Waals surface area contributed by atoms with Gasteiger partial charge in [0.25, 0.3) is 6.71 Å². The molecule has 0 aromatic carbocycles. The van der Waals surface area contributed by atoms with Gasteiger partial charge in [-0.1, -0.05) is 41.5 Å². The van der Waals surface area contributed by atoms with E-state index in [1.807, 2.05) is 0 Å². The van der Waals surface area contributed by atoms with E-state index in [2.05, 4.69) is 72.1 Å². The van der Waals surface area contributed by atoms with Crippen LogP contribution in [-0.2, 0) is 58.9 Å². The molecule has 30 heavy (non-hydrogen) atoms. The summed E-state index contributed by atoms with van der Waals surface area (Å²) in [5.41, 5.74) is 11.1. The molecule has 3 heterocycles. The van der Waals surface area contributed by atoms with Crippen molar-refractivity contribution in [2.24, 2.45) is 0 Å². The normalized spacial score (nSPS) is 10.6. The fraction of sp³-hybridized carbons (Fsp3) is 0.571. The van der Waals surface area contributed by atoms with Crippen LogP contribution in [0.2, 0.25) is 0 Å². The smallest absolute Gasteiger partial charge is 0.255 e. The minimum absolute atomic E-state index is 0. The Balaban J connectivity index is 0.00000225. The topological polar surface area (TPSA) is 86.0 Å². The van der Waals surface area contributed by atoms with Gasteiger partial charge >= 0.3 is 0 Å². The molecule has 0 saturated heterocycles. The number of aryl methyl sites for hydroxylation is 6. The molecule has 0 atom stereocenters. The van der Waals surface area contributed by atoms with Crippen LogP contribution in [0.4, 0.5) is 0 Å². The van der Waals surface area contributed by atoms with Gasteiger partial charge in [0.05, 0.1) is 17.1 Å². The molecule has 0 aliphatic heterocycles. The standard InChI is InChI=1S/C21H33BN6.BrH.Pd/c1-7-13-19(14(8-2)24-23-13)22(20-15(9-3)25-26-16(20)10-4)21-17(11-5)27-28-18(21)12-6;;/h7-12H2,1-6H3,(H,23,24)(H,25,26)(H,27,28);1H;. The number of aromatic amines is 3. The monoisotopic (exact) mass is 566 g/mol. The predicted molar refractivity (Wildman–Crippen MR) is 127 cm³/mol. The van der Waals surface area contributed by atoms with E-state index >= 15 is 0 Å². The second-order valence-corrected chi connectivity index (χ2v) is 7.24. The van der Waals surface area contributed by atoms with Gasteiger partial charge in [-0.2, -0.15) is 15.3 Å². The molecule has 0 bridgehead atoms. The van der Waals surface area contributed by atoms with Crippen LogP contribution in [0.1, 0.15) is 75.7 Å². The Morgan fingerprint density at radius 2 is 0.800 bits per heavy atom. The van der Waals surface area contributed by atoms with Gasteiger partial charge < -0.3 is 0 Å². The Morgan fingerprint density at radius 1 is 0.533 bits per heavy atom. The summed E-state index contributed by atoms with van der Waals surface area (Å²) in [7, 11) is 0. The van der Waals surface area contributed by atoms with E-state index in [1.165, 1.54) is 33.5 Å². The van der Waals surface area contributed by atoms with Crippen LogP contribution < -0.4 is 16.4 Å². The van der Waals surface area contributed by atoms with Crippen LogP contribution in [0.5, 0.6) is 0 Å². The second kappa shape index (κ2) is 12.0. The number of hydrogen-bond donors (Lipinski definition) is 3. The first-order valence-electron chi connectivity index (χ1n) is 10.8. The second-order valence-electron chi connectivity index (χ2n) is 7.24. The number of H-pyrrole nitrogens is 3. The summed E-state index contributed by atoms with van der Waals surface area (Å²) >= 11 is 0. The fourth-order valence-electron chi connectivity index (χ4n) is 4.36. The van der Waals surface area contributed by atoms with Crippen molar-refractivity contribution in [1.29, 1.82) is 0 Å². The van der Waals surface area contributed by atoms with Crippen molar-refractivity contribution >= 4 is 40.1 Å². The van der Waals surface area contributed by atoms with Crippen molar-refractivity contribution in [2.75, 3.05) is 0 Å². The zero-order valence-electron chi connectivity index (χ0n) is 18.9. The summed E-state index contributed by atoms with van der Waals surface area (Å²) in [6, 6.07) is 0. The molecule has 0 aliphatic carbocycles. The van der Waals surface area contributed by atoms with Gasteiger partial charge in [0.1, 0.15) is 0 Å². The molecule has 0 spiro atoms. The Kier molecular flexibility index (Phi) is 10.8. The number of hydrogen-bond acceptors (Lipinski definition) is 3. The minimum Gasteiger partial charge on any atom is -0.283 e. The molecule has 0 fully saturated rings. The maximum atomic E-state index is 4.68. The van der Waals surface area contributed by atoms with Crippen LogP contribution in [0.15, 0.2) is 0 Å². The average Bonchev–Trinajstić information content (AvgIpc) is 3.44. The molecule has 0 aliphatic rings. The van der Waals surface area contributed by atoms with E-state index in [4.69, 9.17) is 0 Å².